The Bertz CT molecular complexity index is 906. The molecule has 0 radical (unpaired) electrons. The van der Waals surface area contributed by atoms with E-state index in [1.54, 1.807) is 6.20 Å². The van der Waals surface area contributed by atoms with Crippen LogP contribution in [0.4, 0.5) is 0 Å². The third-order valence-corrected chi connectivity index (χ3v) is 5.18. The average Bonchev–Trinajstić information content (AvgIpc) is 3.22. The summed E-state index contributed by atoms with van der Waals surface area (Å²) in [6.45, 7) is 1.99. The molecule has 3 aromatic rings. The summed E-state index contributed by atoms with van der Waals surface area (Å²) < 4.78 is 0. The first-order valence-electron chi connectivity index (χ1n) is 8.23. The van der Waals surface area contributed by atoms with E-state index < -0.39 is 11.9 Å². The monoisotopic (exact) mass is 355 g/mol. The van der Waals surface area contributed by atoms with Crippen LogP contribution in [-0.2, 0) is 11.3 Å². The lowest BCUT2D eigenvalue weighted by molar-refractivity contribution is -0.141. The molecule has 2 atom stereocenters. The number of fused-ring (bicyclic) bond motifs is 1. The van der Waals surface area contributed by atoms with Gasteiger partial charge in [-0.2, -0.15) is 5.10 Å². The quantitative estimate of drug-likeness (QED) is 0.751. The molecule has 5 nitrogen and oxygen atoms in total. The summed E-state index contributed by atoms with van der Waals surface area (Å²) in [4.78, 5) is 13.9. The number of benzene rings is 2. The van der Waals surface area contributed by atoms with Crippen LogP contribution in [0.2, 0.25) is 5.02 Å². The molecule has 2 aromatic carbocycles. The second-order valence-electron chi connectivity index (χ2n) is 6.59. The first-order chi connectivity index (χ1) is 12.1. The molecule has 1 aliphatic rings. The third-order valence-electron chi connectivity index (χ3n) is 4.92. The van der Waals surface area contributed by atoms with Crippen molar-refractivity contribution in [1.82, 2.24) is 15.1 Å². The van der Waals surface area contributed by atoms with Crippen molar-refractivity contribution in [2.75, 3.05) is 13.1 Å². The van der Waals surface area contributed by atoms with E-state index in [1.165, 1.54) is 0 Å². The number of halogens is 1. The number of carboxylic acid groups (broad SMARTS) is 1. The highest BCUT2D eigenvalue weighted by atomic mass is 35.5. The Morgan fingerprint density at radius 3 is 2.80 bits per heavy atom. The number of nitrogens with one attached hydrogen (secondary N) is 1. The van der Waals surface area contributed by atoms with Gasteiger partial charge in [0.05, 0.1) is 17.6 Å². The van der Waals surface area contributed by atoms with Crippen molar-refractivity contribution >= 4 is 28.5 Å². The van der Waals surface area contributed by atoms with Gasteiger partial charge in [-0.05, 0) is 29.3 Å². The minimum Gasteiger partial charge on any atom is -0.481 e. The molecule has 0 spiro atoms. The number of rotatable bonds is 4. The molecular formula is C19H18ClN3O2. The number of hydrogen-bond acceptors (Lipinski definition) is 3. The van der Waals surface area contributed by atoms with Crippen LogP contribution in [0.5, 0.6) is 0 Å². The Balaban J connectivity index is 1.55. The van der Waals surface area contributed by atoms with E-state index in [0.29, 0.717) is 11.6 Å². The van der Waals surface area contributed by atoms with E-state index in [2.05, 4.69) is 27.2 Å². The van der Waals surface area contributed by atoms with Crippen molar-refractivity contribution in [3.05, 3.63) is 64.8 Å². The fourth-order valence-electron chi connectivity index (χ4n) is 3.65. The zero-order chi connectivity index (χ0) is 17.4. The third kappa shape index (κ3) is 3.25. The maximum absolute atomic E-state index is 11.7. The fraction of sp³-hybridized carbons (Fsp3) is 0.263. The second kappa shape index (κ2) is 6.50. The lowest BCUT2D eigenvalue weighted by Crippen LogP contribution is -2.23. The summed E-state index contributed by atoms with van der Waals surface area (Å²) >= 11 is 5.96. The van der Waals surface area contributed by atoms with Gasteiger partial charge in [-0.25, -0.2) is 0 Å². The van der Waals surface area contributed by atoms with Gasteiger partial charge in [0.1, 0.15) is 0 Å². The van der Waals surface area contributed by atoms with Gasteiger partial charge in [-0.15, -0.1) is 0 Å². The predicted octanol–water partition coefficient (Wildman–Crippen LogP) is 3.52. The highest BCUT2D eigenvalue weighted by Crippen LogP contribution is 2.34. The van der Waals surface area contributed by atoms with E-state index in [4.69, 9.17) is 11.6 Å². The Morgan fingerprint density at radius 1 is 1.24 bits per heavy atom. The van der Waals surface area contributed by atoms with Gasteiger partial charge in [0.2, 0.25) is 0 Å². The van der Waals surface area contributed by atoms with Crippen molar-refractivity contribution in [3.63, 3.8) is 0 Å². The van der Waals surface area contributed by atoms with Crippen LogP contribution in [0.1, 0.15) is 17.0 Å². The van der Waals surface area contributed by atoms with Gasteiger partial charge >= 0.3 is 5.97 Å². The van der Waals surface area contributed by atoms with Gasteiger partial charge in [-0.1, -0.05) is 35.9 Å². The van der Waals surface area contributed by atoms with E-state index in [0.717, 1.165) is 35.1 Å². The second-order valence-corrected chi connectivity index (χ2v) is 7.02. The van der Waals surface area contributed by atoms with Crippen molar-refractivity contribution in [3.8, 4) is 0 Å². The lowest BCUT2D eigenvalue weighted by Gasteiger charge is -2.16. The zero-order valence-corrected chi connectivity index (χ0v) is 14.3. The molecule has 0 amide bonds. The van der Waals surface area contributed by atoms with Crippen molar-refractivity contribution < 1.29 is 9.90 Å². The summed E-state index contributed by atoms with van der Waals surface area (Å²) in [5.41, 5.74) is 3.18. The average molecular weight is 356 g/mol. The Morgan fingerprint density at radius 2 is 2.04 bits per heavy atom. The predicted molar refractivity (Wildman–Crippen MR) is 96.7 cm³/mol. The fourth-order valence-corrected chi connectivity index (χ4v) is 3.78. The van der Waals surface area contributed by atoms with E-state index in [-0.39, 0.29) is 5.92 Å². The zero-order valence-electron chi connectivity index (χ0n) is 13.5. The van der Waals surface area contributed by atoms with E-state index >= 15 is 0 Å². The van der Waals surface area contributed by atoms with Gasteiger partial charge in [0, 0.05) is 36.0 Å². The Labute approximate surface area is 150 Å². The normalized spacial score (nSPS) is 21.0. The topological polar surface area (TPSA) is 69.2 Å². The summed E-state index contributed by atoms with van der Waals surface area (Å²) in [6.07, 6.45) is 1.80. The van der Waals surface area contributed by atoms with Gasteiger partial charge < -0.3 is 5.11 Å². The molecule has 25 heavy (non-hydrogen) atoms. The first-order valence-corrected chi connectivity index (χ1v) is 8.60. The summed E-state index contributed by atoms with van der Waals surface area (Å²) in [5.74, 6) is -1.17. The summed E-state index contributed by atoms with van der Waals surface area (Å²) in [5, 5.41) is 18.4. The number of likely N-dealkylation sites (tertiary alicyclic amines) is 1. The molecule has 0 unspecified atom stereocenters. The Hall–Kier alpha value is -2.37. The van der Waals surface area contributed by atoms with Crippen LogP contribution >= 0.6 is 11.6 Å². The number of hydrogen-bond donors (Lipinski definition) is 2. The first kappa shape index (κ1) is 16.1. The van der Waals surface area contributed by atoms with Crippen LogP contribution < -0.4 is 0 Å². The maximum Gasteiger partial charge on any atom is 0.308 e. The molecule has 0 aliphatic carbocycles. The number of aromatic nitrogens is 2. The van der Waals surface area contributed by atoms with Crippen LogP contribution in [0, 0.1) is 5.92 Å². The van der Waals surface area contributed by atoms with Crippen LogP contribution in [0.25, 0.3) is 10.9 Å². The molecule has 1 saturated heterocycles. The molecule has 2 heterocycles. The molecule has 0 bridgehead atoms. The number of nitrogens with zero attached hydrogens (tertiary/aromatic N) is 2. The highest BCUT2D eigenvalue weighted by molar-refractivity contribution is 6.30. The van der Waals surface area contributed by atoms with Gasteiger partial charge in [0.15, 0.2) is 0 Å². The number of aliphatic carboxylic acids is 1. The molecule has 1 aliphatic heterocycles. The minimum absolute atomic E-state index is 0.0225. The molecular weight excluding hydrogens is 338 g/mol. The molecule has 128 valence electrons. The maximum atomic E-state index is 11.7. The number of carboxylic acids is 1. The molecule has 1 aromatic heterocycles. The van der Waals surface area contributed by atoms with Crippen molar-refractivity contribution in [2.45, 2.75) is 12.5 Å². The molecule has 0 saturated carbocycles. The van der Waals surface area contributed by atoms with Gasteiger partial charge in [0.25, 0.3) is 0 Å². The molecule has 2 N–H and O–H groups in total. The van der Waals surface area contributed by atoms with Gasteiger partial charge in [-0.3, -0.25) is 14.8 Å². The largest absolute Gasteiger partial charge is 0.481 e. The standard InChI is InChI=1S/C19H18ClN3O2/c20-15-5-3-13(4-6-15)16-10-23(11-17(16)19(24)25)9-12-1-2-14-8-21-22-18(14)7-12/h1-8,16-17H,9-11H2,(H,21,22)(H,24,25)/t16-,17+/m0/s1. The molecule has 6 heteroatoms. The number of aromatic amines is 1. The SMILES string of the molecule is O=C(O)[C@@H]1CN(Cc2ccc3cn[nH]c3c2)C[C@H]1c1ccc(Cl)cc1. The Kier molecular flexibility index (Phi) is 4.19. The summed E-state index contributed by atoms with van der Waals surface area (Å²) in [6, 6.07) is 13.7. The molecule has 1 fully saturated rings. The smallest absolute Gasteiger partial charge is 0.308 e. The van der Waals surface area contributed by atoms with Crippen LogP contribution in [0.15, 0.2) is 48.7 Å². The lowest BCUT2D eigenvalue weighted by atomic mass is 9.89. The minimum atomic E-state index is -0.744. The molecule has 4 rings (SSSR count). The van der Waals surface area contributed by atoms with Crippen LogP contribution in [0.3, 0.4) is 0 Å². The van der Waals surface area contributed by atoms with Crippen molar-refractivity contribution in [1.29, 1.82) is 0 Å². The number of H-pyrrole nitrogens is 1. The van der Waals surface area contributed by atoms with E-state index in [1.807, 2.05) is 30.3 Å². The number of carbonyl (C=O) groups is 1. The highest BCUT2D eigenvalue weighted by Gasteiger charge is 2.38. The van der Waals surface area contributed by atoms with Crippen molar-refractivity contribution in [2.24, 2.45) is 5.92 Å². The van der Waals surface area contributed by atoms with E-state index in [9.17, 15) is 9.90 Å². The summed E-state index contributed by atoms with van der Waals surface area (Å²) in [7, 11) is 0. The van der Waals surface area contributed by atoms with Crippen LogP contribution in [-0.4, -0.2) is 39.3 Å².